The van der Waals surface area contributed by atoms with Gasteiger partial charge in [0.05, 0.1) is 11.8 Å². The van der Waals surface area contributed by atoms with Gasteiger partial charge in [0.15, 0.2) is 0 Å². The van der Waals surface area contributed by atoms with Crippen molar-refractivity contribution in [2.45, 2.75) is 6.04 Å². The number of aromatic nitrogens is 1. The number of nitrogens with one attached hydrogen (secondary N) is 1. The van der Waals surface area contributed by atoms with Gasteiger partial charge in [0.2, 0.25) is 0 Å². The second-order valence-electron chi connectivity index (χ2n) is 7.06. The molecular formula is C21H21N3O4. The molecule has 0 aliphatic carbocycles. The molecule has 0 spiro atoms. The predicted octanol–water partition coefficient (Wildman–Crippen LogP) is 2.74. The molecule has 0 bridgehead atoms. The molecule has 1 amide bonds. The zero-order valence-electron chi connectivity index (χ0n) is 15.7. The number of para-hydroxylation sites is 1. The van der Waals surface area contributed by atoms with Crippen LogP contribution in [0.5, 0.6) is 0 Å². The van der Waals surface area contributed by atoms with E-state index in [1.165, 1.54) is 11.2 Å². The smallest absolute Gasteiger partial charge is 0.295 e. The number of carbonyl (C=O) groups is 2. The number of carbonyl (C=O) groups excluding carboxylic acids is 2. The Bertz CT molecular complexity index is 1060. The first-order chi connectivity index (χ1) is 13.5. The average molecular weight is 379 g/mol. The summed E-state index contributed by atoms with van der Waals surface area (Å²) in [7, 11) is 3.79. The Morgan fingerprint density at radius 1 is 1.21 bits per heavy atom. The Balaban J connectivity index is 1.86. The van der Waals surface area contributed by atoms with Crippen LogP contribution >= 0.6 is 0 Å². The van der Waals surface area contributed by atoms with E-state index in [0.717, 1.165) is 10.9 Å². The lowest BCUT2D eigenvalue weighted by atomic mass is 9.99. The minimum absolute atomic E-state index is 0.0449. The quantitative estimate of drug-likeness (QED) is 0.404. The van der Waals surface area contributed by atoms with Crippen LogP contribution in [0.3, 0.4) is 0 Å². The van der Waals surface area contributed by atoms with Gasteiger partial charge < -0.3 is 24.3 Å². The monoisotopic (exact) mass is 379 g/mol. The fourth-order valence-corrected chi connectivity index (χ4v) is 3.57. The molecule has 0 saturated carbocycles. The molecule has 0 unspecified atom stereocenters. The third-order valence-corrected chi connectivity index (χ3v) is 4.99. The van der Waals surface area contributed by atoms with E-state index < -0.39 is 17.7 Å². The molecular weight excluding hydrogens is 358 g/mol. The molecule has 0 radical (unpaired) electrons. The zero-order chi connectivity index (χ0) is 19.8. The number of aromatic amines is 1. The topological polar surface area (TPSA) is 89.8 Å². The summed E-state index contributed by atoms with van der Waals surface area (Å²) in [5.41, 5.74) is 1.36. The number of likely N-dealkylation sites (tertiary alicyclic amines) is 1. The lowest BCUT2D eigenvalue weighted by Crippen LogP contribution is -2.35. The normalized spacial score (nSPS) is 19.2. The number of Topliss-reactive ketones (excluding diaryl/α,β-unsaturated/α-hetero) is 1. The molecule has 144 valence electrons. The number of ketones is 1. The standard InChI is InChI=1S/C21H21N3O4/c1-23(2)9-10-24-18(16-8-5-11-28-16)17(20(26)21(24)27)19(25)14-12-22-15-7-4-3-6-13(14)15/h3-8,11-12,18,22,25H,9-10H2,1-2H3/b19-17+/t18-/m0/s1. The minimum atomic E-state index is -0.761. The number of H-pyrrole nitrogens is 1. The van der Waals surface area contributed by atoms with Crippen molar-refractivity contribution in [1.82, 2.24) is 14.8 Å². The lowest BCUT2D eigenvalue weighted by Gasteiger charge is -2.24. The summed E-state index contributed by atoms with van der Waals surface area (Å²) in [5, 5.41) is 11.8. The highest BCUT2D eigenvalue weighted by molar-refractivity contribution is 6.46. The maximum Gasteiger partial charge on any atom is 0.295 e. The first-order valence-electron chi connectivity index (χ1n) is 9.02. The highest BCUT2D eigenvalue weighted by atomic mass is 16.3. The van der Waals surface area contributed by atoms with Gasteiger partial charge in [-0.05, 0) is 32.3 Å². The van der Waals surface area contributed by atoms with E-state index in [1.54, 1.807) is 18.3 Å². The Morgan fingerprint density at radius 2 is 2.00 bits per heavy atom. The molecule has 7 heteroatoms. The number of nitrogens with zero attached hydrogens (tertiary/aromatic N) is 2. The van der Waals surface area contributed by atoms with Gasteiger partial charge in [-0.15, -0.1) is 0 Å². The van der Waals surface area contributed by atoms with Crippen LogP contribution in [-0.2, 0) is 9.59 Å². The van der Waals surface area contributed by atoms with Gasteiger partial charge in [0.1, 0.15) is 17.6 Å². The van der Waals surface area contributed by atoms with Crippen molar-refractivity contribution in [2.24, 2.45) is 0 Å². The van der Waals surface area contributed by atoms with Crippen molar-refractivity contribution < 1.29 is 19.1 Å². The summed E-state index contributed by atoms with van der Waals surface area (Å²) in [6, 6.07) is 10.1. The SMILES string of the molecule is CN(C)CCN1C(=O)C(=O)/C(=C(/O)c2c[nH]c3ccccc23)[C@@H]1c1ccco1. The maximum absolute atomic E-state index is 12.9. The highest BCUT2D eigenvalue weighted by Crippen LogP contribution is 2.40. The number of aliphatic hydroxyl groups is 1. The van der Waals surface area contributed by atoms with E-state index in [4.69, 9.17) is 4.42 Å². The molecule has 3 aromatic rings. The minimum Gasteiger partial charge on any atom is -0.507 e. The molecule has 2 aromatic heterocycles. The molecule has 1 aromatic carbocycles. The third kappa shape index (κ3) is 2.90. The van der Waals surface area contributed by atoms with Crippen molar-refractivity contribution in [3.05, 3.63) is 65.8 Å². The van der Waals surface area contributed by atoms with Crippen LogP contribution in [0.1, 0.15) is 17.4 Å². The largest absolute Gasteiger partial charge is 0.507 e. The Hall–Kier alpha value is -3.32. The highest BCUT2D eigenvalue weighted by Gasteiger charge is 2.47. The molecule has 7 nitrogen and oxygen atoms in total. The number of rotatable bonds is 5. The number of likely N-dealkylation sites (N-methyl/N-ethyl adjacent to an activating group) is 1. The van der Waals surface area contributed by atoms with Crippen LogP contribution in [0, 0.1) is 0 Å². The summed E-state index contributed by atoms with van der Waals surface area (Å²) in [5.74, 6) is -1.10. The number of aliphatic hydroxyl groups excluding tert-OH is 1. The van der Waals surface area contributed by atoms with Gasteiger partial charge in [-0.2, -0.15) is 0 Å². The molecule has 1 aliphatic rings. The summed E-state index contributed by atoms with van der Waals surface area (Å²) < 4.78 is 5.52. The second kappa shape index (κ2) is 7.01. The van der Waals surface area contributed by atoms with Crippen LogP contribution < -0.4 is 0 Å². The van der Waals surface area contributed by atoms with Crippen LogP contribution in [0.2, 0.25) is 0 Å². The molecule has 1 atom stereocenters. The molecule has 4 rings (SSSR count). The predicted molar refractivity (Wildman–Crippen MR) is 105 cm³/mol. The molecule has 28 heavy (non-hydrogen) atoms. The number of fused-ring (bicyclic) bond motifs is 1. The maximum atomic E-state index is 12.9. The van der Waals surface area contributed by atoms with E-state index in [2.05, 4.69) is 4.98 Å². The van der Waals surface area contributed by atoms with Crippen molar-refractivity contribution in [1.29, 1.82) is 0 Å². The fraction of sp³-hybridized carbons (Fsp3) is 0.238. The number of hydrogen-bond acceptors (Lipinski definition) is 5. The van der Waals surface area contributed by atoms with Gasteiger partial charge in [-0.3, -0.25) is 9.59 Å². The van der Waals surface area contributed by atoms with Crippen LogP contribution in [-0.4, -0.2) is 58.8 Å². The molecule has 3 heterocycles. The third-order valence-electron chi connectivity index (χ3n) is 4.99. The average Bonchev–Trinajstić information content (AvgIpc) is 3.39. The lowest BCUT2D eigenvalue weighted by molar-refractivity contribution is -0.140. The van der Waals surface area contributed by atoms with Gasteiger partial charge >= 0.3 is 0 Å². The zero-order valence-corrected chi connectivity index (χ0v) is 15.7. The van der Waals surface area contributed by atoms with Crippen molar-refractivity contribution in [3.63, 3.8) is 0 Å². The Labute approximate surface area is 161 Å². The van der Waals surface area contributed by atoms with E-state index in [9.17, 15) is 14.7 Å². The van der Waals surface area contributed by atoms with Gasteiger partial charge in [-0.1, -0.05) is 18.2 Å². The summed E-state index contributed by atoms with van der Waals surface area (Å²) in [4.78, 5) is 32.1. The number of amides is 1. The number of benzene rings is 1. The molecule has 1 saturated heterocycles. The Morgan fingerprint density at radius 3 is 2.71 bits per heavy atom. The molecule has 1 aliphatic heterocycles. The first-order valence-corrected chi connectivity index (χ1v) is 9.02. The first kappa shape index (κ1) is 18.1. The van der Waals surface area contributed by atoms with Crippen molar-refractivity contribution in [2.75, 3.05) is 27.2 Å². The summed E-state index contributed by atoms with van der Waals surface area (Å²) in [6.07, 6.45) is 3.14. The van der Waals surface area contributed by atoms with E-state index >= 15 is 0 Å². The Kier molecular flexibility index (Phi) is 4.52. The molecule has 2 N–H and O–H groups in total. The van der Waals surface area contributed by atoms with Gasteiger partial charge in [0, 0.05) is 35.8 Å². The van der Waals surface area contributed by atoms with Crippen LogP contribution in [0.15, 0.2) is 58.8 Å². The van der Waals surface area contributed by atoms with Gasteiger partial charge in [-0.25, -0.2) is 0 Å². The van der Waals surface area contributed by atoms with Gasteiger partial charge in [0.25, 0.3) is 11.7 Å². The van der Waals surface area contributed by atoms with Crippen LogP contribution in [0.25, 0.3) is 16.7 Å². The fourth-order valence-electron chi connectivity index (χ4n) is 3.57. The molecule has 1 fully saturated rings. The number of hydrogen-bond donors (Lipinski definition) is 2. The van der Waals surface area contributed by atoms with Crippen molar-refractivity contribution >= 4 is 28.4 Å². The second-order valence-corrected chi connectivity index (χ2v) is 7.06. The number of furan rings is 1. The summed E-state index contributed by atoms with van der Waals surface area (Å²) >= 11 is 0. The summed E-state index contributed by atoms with van der Waals surface area (Å²) in [6.45, 7) is 0.922. The van der Waals surface area contributed by atoms with Crippen LogP contribution in [0.4, 0.5) is 0 Å². The van der Waals surface area contributed by atoms with E-state index in [-0.39, 0.29) is 11.3 Å². The van der Waals surface area contributed by atoms with E-state index in [0.29, 0.717) is 24.4 Å². The van der Waals surface area contributed by atoms with Crippen molar-refractivity contribution in [3.8, 4) is 0 Å². The van der Waals surface area contributed by atoms with E-state index in [1.807, 2.05) is 43.3 Å².